The summed E-state index contributed by atoms with van der Waals surface area (Å²) in [4.78, 5) is 16.8. The summed E-state index contributed by atoms with van der Waals surface area (Å²) in [5.74, 6) is 1.37. The van der Waals surface area contributed by atoms with Crippen molar-refractivity contribution in [2.24, 2.45) is 0 Å². The SMILES string of the molecule is CCN1C(=O)CCC[C@@]12CCCN(Cc1ccco1)C2. The Labute approximate surface area is 120 Å². The monoisotopic (exact) mass is 276 g/mol. The molecule has 0 unspecified atom stereocenters. The van der Waals surface area contributed by atoms with E-state index < -0.39 is 0 Å². The average Bonchev–Trinajstić information content (AvgIpc) is 2.92. The van der Waals surface area contributed by atoms with E-state index in [9.17, 15) is 4.79 Å². The van der Waals surface area contributed by atoms with Crippen LogP contribution in [-0.4, -0.2) is 40.9 Å². The van der Waals surface area contributed by atoms with E-state index in [0.29, 0.717) is 5.91 Å². The molecular formula is C16H24N2O2. The van der Waals surface area contributed by atoms with E-state index in [2.05, 4.69) is 16.7 Å². The van der Waals surface area contributed by atoms with Crippen LogP contribution in [0.3, 0.4) is 0 Å². The maximum atomic E-state index is 12.2. The van der Waals surface area contributed by atoms with Gasteiger partial charge in [0.2, 0.25) is 5.91 Å². The lowest BCUT2D eigenvalue weighted by molar-refractivity contribution is -0.145. The molecule has 110 valence electrons. The van der Waals surface area contributed by atoms with Gasteiger partial charge in [0.25, 0.3) is 0 Å². The molecule has 4 heteroatoms. The number of amides is 1. The van der Waals surface area contributed by atoms with Gasteiger partial charge < -0.3 is 9.32 Å². The van der Waals surface area contributed by atoms with Crippen LogP contribution in [0.1, 0.15) is 44.8 Å². The van der Waals surface area contributed by atoms with Crippen molar-refractivity contribution < 1.29 is 9.21 Å². The first-order valence-electron chi connectivity index (χ1n) is 7.79. The third-order valence-corrected chi connectivity index (χ3v) is 4.82. The van der Waals surface area contributed by atoms with Crippen molar-refractivity contribution in [3.8, 4) is 0 Å². The van der Waals surface area contributed by atoms with Crippen LogP contribution in [-0.2, 0) is 11.3 Å². The number of furan rings is 1. The van der Waals surface area contributed by atoms with Gasteiger partial charge in [0.05, 0.1) is 18.3 Å². The second-order valence-electron chi connectivity index (χ2n) is 6.11. The molecule has 3 rings (SSSR count). The summed E-state index contributed by atoms with van der Waals surface area (Å²) < 4.78 is 5.46. The molecule has 0 saturated carbocycles. The number of rotatable bonds is 3. The van der Waals surface area contributed by atoms with Gasteiger partial charge in [-0.1, -0.05) is 0 Å². The summed E-state index contributed by atoms with van der Waals surface area (Å²) in [7, 11) is 0. The smallest absolute Gasteiger partial charge is 0.223 e. The molecule has 0 N–H and O–H groups in total. The molecule has 1 atom stereocenters. The quantitative estimate of drug-likeness (QED) is 0.851. The minimum atomic E-state index is 0.0783. The Morgan fingerprint density at radius 2 is 2.20 bits per heavy atom. The first-order chi connectivity index (χ1) is 9.73. The van der Waals surface area contributed by atoms with Gasteiger partial charge in [-0.25, -0.2) is 0 Å². The highest BCUT2D eigenvalue weighted by Crippen LogP contribution is 2.36. The molecule has 3 heterocycles. The van der Waals surface area contributed by atoms with Gasteiger partial charge >= 0.3 is 0 Å². The minimum absolute atomic E-state index is 0.0783. The second kappa shape index (κ2) is 5.60. The number of hydrogen-bond acceptors (Lipinski definition) is 3. The summed E-state index contributed by atoms with van der Waals surface area (Å²) in [5, 5.41) is 0. The lowest BCUT2D eigenvalue weighted by Crippen LogP contribution is -2.62. The van der Waals surface area contributed by atoms with Crippen molar-refractivity contribution in [2.75, 3.05) is 19.6 Å². The third kappa shape index (κ3) is 2.49. The Balaban J connectivity index is 1.74. The third-order valence-electron chi connectivity index (χ3n) is 4.82. The lowest BCUT2D eigenvalue weighted by Gasteiger charge is -2.52. The van der Waals surface area contributed by atoms with Crippen LogP contribution < -0.4 is 0 Å². The van der Waals surface area contributed by atoms with Crippen molar-refractivity contribution in [1.82, 2.24) is 9.80 Å². The van der Waals surface area contributed by atoms with Gasteiger partial charge in [-0.15, -0.1) is 0 Å². The van der Waals surface area contributed by atoms with Crippen LogP contribution in [0.4, 0.5) is 0 Å². The van der Waals surface area contributed by atoms with E-state index in [1.54, 1.807) is 6.26 Å². The molecule has 2 aliphatic rings. The van der Waals surface area contributed by atoms with E-state index in [4.69, 9.17) is 4.42 Å². The molecule has 4 nitrogen and oxygen atoms in total. The van der Waals surface area contributed by atoms with Gasteiger partial charge in [-0.3, -0.25) is 9.69 Å². The van der Waals surface area contributed by atoms with Crippen molar-refractivity contribution in [1.29, 1.82) is 0 Å². The van der Waals surface area contributed by atoms with Crippen LogP contribution in [0.25, 0.3) is 0 Å². The number of likely N-dealkylation sites (tertiary alicyclic amines) is 2. The van der Waals surface area contributed by atoms with Crippen LogP contribution in [0, 0.1) is 0 Å². The van der Waals surface area contributed by atoms with Crippen molar-refractivity contribution in [3.63, 3.8) is 0 Å². The van der Waals surface area contributed by atoms with Crippen molar-refractivity contribution in [3.05, 3.63) is 24.2 Å². The highest BCUT2D eigenvalue weighted by molar-refractivity contribution is 5.78. The fourth-order valence-corrected chi connectivity index (χ4v) is 4.00. The average molecular weight is 276 g/mol. The summed E-state index contributed by atoms with van der Waals surface area (Å²) in [6.45, 7) is 5.91. The standard InChI is InChI=1S/C16H24N2O2/c1-2-18-15(19)7-3-8-16(18)9-5-10-17(13-16)12-14-6-4-11-20-14/h4,6,11H,2-3,5,7-10,12-13H2,1H3/t16-/m0/s1. The normalized spacial score (nSPS) is 28.2. The van der Waals surface area contributed by atoms with Gasteiger partial charge in [0, 0.05) is 19.5 Å². The molecule has 1 aromatic rings. The maximum Gasteiger partial charge on any atom is 0.223 e. The van der Waals surface area contributed by atoms with E-state index in [1.165, 1.54) is 6.42 Å². The van der Waals surface area contributed by atoms with E-state index in [-0.39, 0.29) is 5.54 Å². The Kier molecular flexibility index (Phi) is 3.83. The Bertz CT molecular complexity index is 453. The second-order valence-corrected chi connectivity index (χ2v) is 6.11. The first-order valence-corrected chi connectivity index (χ1v) is 7.79. The minimum Gasteiger partial charge on any atom is -0.468 e. The van der Waals surface area contributed by atoms with Gasteiger partial charge in [-0.05, 0) is 51.3 Å². The highest BCUT2D eigenvalue weighted by Gasteiger charge is 2.44. The Morgan fingerprint density at radius 3 is 2.95 bits per heavy atom. The zero-order chi connectivity index (χ0) is 14.0. The first kappa shape index (κ1) is 13.7. The highest BCUT2D eigenvalue weighted by atomic mass is 16.3. The van der Waals surface area contributed by atoms with Gasteiger partial charge in [0.1, 0.15) is 5.76 Å². The molecular weight excluding hydrogens is 252 g/mol. The Morgan fingerprint density at radius 1 is 1.35 bits per heavy atom. The topological polar surface area (TPSA) is 36.7 Å². The molecule has 0 aromatic carbocycles. The molecule has 1 amide bonds. The van der Waals surface area contributed by atoms with E-state index in [1.807, 2.05) is 12.1 Å². The van der Waals surface area contributed by atoms with Crippen molar-refractivity contribution in [2.45, 2.75) is 51.1 Å². The fourth-order valence-electron chi connectivity index (χ4n) is 4.00. The molecule has 1 spiro atoms. The maximum absolute atomic E-state index is 12.2. The van der Waals surface area contributed by atoms with E-state index in [0.717, 1.165) is 57.6 Å². The van der Waals surface area contributed by atoms with Crippen LogP contribution in [0.15, 0.2) is 22.8 Å². The molecule has 2 aliphatic heterocycles. The molecule has 0 radical (unpaired) electrons. The Hall–Kier alpha value is -1.29. The number of likely N-dealkylation sites (N-methyl/N-ethyl adjacent to an activating group) is 1. The van der Waals surface area contributed by atoms with Gasteiger partial charge in [0.15, 0.2) is 0 Å². The molecule has 2 saturated heterocycles. The predicted molar refractivity (Wildman–Crippen MR) is 77.2 cm³/mol. The number of hydrogen-bond donors (Lipinski definition) is 0. The summed E-state index contributed by atoms with van der Waals surface area (Å²) in [6, 6.07) is 3.97. The van der Waals surface area contributed by atoms with Crippen molar-refractivity contribution >= 4 is 5.91 Å². The number of nitrogens with zero attached hydrogens (tertiary/aromatic N) is 2. The summed E-state index contributed by atoms with van der Waals surface area (Å²) >= 11 is 0. The number of carbonyl (C=O) groups is 1. The number of carbonyl (C=O) groups excluding carboxylic acids is 1. The number of piperidine rings is 2. The largest absolute Gasteiger partial charge is 0.468 e. The van der Waals surface area contributed by atoms with E-state index >= 15 is 0 Å². The zero-order valence-electron chi connectivity index (χ0n) is 12.3. The van der Waals surface area contributed by atoms with Gasteiger partial charge in [-0.2, -0.15) is 0 Å². The molecule has 1 aromatic heterocycles. The zero-order valence-corrected chi connectivity index (χ0v) is 12.3. The molecule has 0 aliphatic carbocycles. The van der Waals surface area contributed by atoms with Crippen LogP contribution >= 0.6 is 0 Å². The molecule has 2 fully saturated rings. The predicted octanol–water partition coefficient (Wildman–Crippen LogP) is 2.65. The lowest BCUT2D eigenvalue weighted by atomic mass is 9.79. The summed E-state index contributed by atoms with van der Waals surface area (Å²) in [5.41, 5.74) is 0.0783. The molecule has 0 bridgehead atoms. The fraction of sp³-hybridized carbons (Fsp3) is 0.688. The summed E-state index contributed by atoms with van der Waals surface area (Å²) in [6.07, 6.45) is 6.99. The van der Waals surface area contributed by atoms with Crippen LogP contribution in [0.5, 0.6) is 0 Å². The van der Waals surface area contributed by atoms with Crippen LogP contribution in [0.2, 0.25) is 0 Å². The molecule has 20 heavy (non-hydrogen) atoms.